The van der Waals surface area contributed by atoms with E-state index in [-0.39, 0.29) is 12.4 Å². The maximum Gasteiger partial charge on any atom is 0.451 e. The summed E-state index contributed by atoms with van der Waals surface area (Å²) in [6.07, 6.45) is -0.128. The molecule has 0 spiro atoms. The molecule has 0 amide bonds. The Hall–Kier alpha value is -1.37. The quantitative estimate of drug-likeness (QED) is 0.875. The highest BCUT2D eigenvalue weighted by atomic mass is 19.4. The highest BCUT2D eigenvalue weighted by molar-refractivity contribution is 5.37. The fourth-order valence-electron chi connectivity index (χ4n) is 2.21. The molecule has 0 radical (unpaired) electrons. The molecule has 1 aliphatic rings. The van der Waals surface area contributed by atoms with Gasteiger partial charge in [0.2, 0.25) is 5.82 Å². The summed E-state index contributed by atoms with van der Waals surface area (Å²) in [6, 6.07) is 1.38. The fraction of sp³-hybridized carbons (Fsp3) is 0.636. The Balaban J connectivity index is 2.19. The van der Waals surface area contributed by atoms with E-state index in [2.05, 4.69) is 15.3 Å². The molecular weight excluding hydrogens is 247 g/mol. The molecule has 1 aromatic rings. The Morgan fingerprint density at radius 2 is 2.00 bits per heavy atom. The highest BCUT2D eigenvalue weighted by Gasteiger charge is 2.36. The molecule has 0 aliphatic heterocycles. The summed E-state index contributed by atoms with van der Waals surface area (Å²) in [5, 5.41) is 12.3. The van der Waals surface area contributed by atoms with Crippen molar-refractivity contribution < 1.29 is 18.3 Å². The van der Waals surface area contributed by atoms with Gasteiger partial charge in [0.25, 0.3) is 0 Å². The standard InChI is InChI=1S/C11H14F3N3O/c12-11(13,14)9-15-6-3-8(16-9)17-10(7-18)4-1-2-5-10/h3,6,18H,1-2,4-5,7H2,(H,15,16,17). The lowest BCUT2D eigenvalue weighted by Gasteiger charge is -2.28. The molecule has 1 aromatic heterocycles. The Bertz CT molecular complexity index is 416. The zero-order chi connectivity index (χ0) is 13.2. The molecule has 2 rings (SSSR count). The Kier molecular flexibility index (Phi) is 3.43. The minimum Gasteiger partial charge on any atom is -0.394 e. The number of halogens is 3. The molecule has 0 bridgehead atoms. The van der Waals surface area contributed by atoms with Crippen LogP contribution in [0.25, 0.3) is 0 Å². The molecule has 0 saturated heterocycles. The Morgan fingerprint density at radius 3 is 2.56 bits per heavy atom. The van der Waals surface area contributed by atoms with Crippen LogP contribution in [0.3, 0.4) is 0 Å². The van der Waals surface area contributed by atoms with E-state index in [1.54, 1.807) is 0 Å². The van der Waals surface area contributed by atoms with Gasteiger partial charge in [-0.05, 0) is 18.9 Å². The second-order valence-corrected chi connectivity index (χ2v) is 4.53. The molecule has 0 unspecified atom stereocenters. The van der Waals surface area contributed by atoms with Gasteiger partial charge in [-0.15, -0.1) is 0 Å². The molecule has 1 fully saturated rings. The van der Waals surface area contributed by atoms with Crippen LogP contribution in [0.5, 0.6) is 0 Å². The van der Waals surface area contributed by atoms with Crippen molar-refractivity contribution in [3.8, 4) is 0 Å². The molecule has 0 atom stereocenters. The smallest absolute Gasteiger partial charge is 0.394 e. The lowest BCUT2D eigenvalue weighted by Crippen LogP contribution is -2.39. The van der Waals surface area contributed by atoms with Crippen LogP contribution in [0.4, 0.5) is 19.0 Å². The number of nitrogens with one attached hydrogen (secondary N) is 1. The lowest BCUT2D eigenvalue weighted by atomic mass is 9.99. The number of alkyl halides is 3. The number of hydrogen-bond acceptors (Lipinski definition) is 4. The molecule has 7 heteroatoms. The zero-order valence-electron chi connectivity index (χ0n) is 9.67. The van der Waals surface area contributed by atoms with Gasteiger partial charge in [0, 0.05) is 6.20 Å². The van der Waals surface area contributed by atoms with Gasteiger partial charge in [0.1, 0.15) is 5.82 Å². The molecule has 4 nitrogen and oxygen atoms in total. The molecular formula is C11H14F3N3O. The topological polar surface area (TPSA) is 58.0 Å². The maximum absolute atomic E-state index is 12.5. The number of hydrogen-bond donors (Lipinski definition) is 2. The lowest BCUT2D eigenvalue weighted by molar-refractivity contribution is -0.144. The van der Waals surface area contributed by atoms with Gasteiger partial charge in [-0.25, -0.2) is 9.97 Å². The molecule has 1 saturated carbocycles. The molecule has 18 heavy (non-hydrogen) atoms. The second-order valence-electron chi connectivity index (χ2n) is 4.53. The van der Waals surface area contributed by atoms with Crippen LogP contribution in [0, 0.1) is 0 Å². The van der Waals surface area contributed by atoms with Crippen LogP contribution < -0.4 is 5.32 Å². The number of nitrogens with zero attached hydrogens (tertiary/aromatic N) is 2. The average Bonchev–Trinajstić information content (AvgIpc) is 2.77. The first-order valence-corrected chi connectivity index (χ1v) is 5.74. The van der Waals surface area contributed by atoms with E-state index >= 15 is 0 Å². The van der Waals surface area contributed by atoms with Crippen molar-refractivity contribution in [1.29, 1.82) is 0 Å². The molecule has 2 N–H and O–H groups in total. The van der Waals surface area contributed by atoms with Crippen molar-refractivity contribution in [1.82, 2.24) is 9.97 Å². The summed E-state index contributed by atoms with van der Waals surface area (Å²) in [5.41, 5.74) is -0.544. The van der Waals surface area contributed by atoms with Gasteiger partial charge in [-0.2, -0.15) is 13.2 Å². The normalized spacial score (nSPS) is 18.9. The van der Waals surface area contributed by atoms with Gasteiger partial charge in [0.05, 0.1) is 12.1 Å². The van der Waals surface area contributed by atoms with Crippen LogP contribution in [0.2, 0.25) is 0 Å². The van der Waals surface area contributed by atoms with Gasteiger partial charge in [0.15, 0.2) is 0 Å². The molecule has 1 aliphatic carbocycles. The van der Waals surface area contributed by atoms with Crippen LogP contribution in [0.1, 0.15) is 31.5 Å². The van der Waals surface area contributed by atoms with Gasteiger partial charge in [-0.1, -0.05) is 12.8 Å². The predicted octanol–water partition coefficient (Wildman–Crippen LogP) is 2.21. The third-order valence-corrected chi connectivity index (χ3v) is 3.17. The van der Waals surface area contributed by atoms with Crippen molar-refractivity contribution in [2.24, 2.45) is 0 Å². The first kappa shape index (κ1) is 13.1. The van der Waals surface area contributed by atoms with E-state index in [9.17, 15) is 18.3 Å². The van der Waals surface area contributed by atoms with Gasteiger partial charge < -0.3 is 10.4 Å². The first-order valence-electron chi connectivity index (χ1n) is 5.74. The minimum absolute atomic E-state index is 0.105. The van der Waals surface area contributed by atoms with E-state index in [0.29, 0.717) is 0 Å². The molecule has 1 heterocycles. The van der Waals surface area contributed by atoms with Crippen molar-refractivity contribution in [3.63, 3.8) is 0 Å². The highest BCUT2D eigenvalue weighted by Crippen LogP contribution is 2.33. The average molecular weight is 261 g/mol. The molecule has 100 valence electrons. The second kappa shape index (κ2) is 4.72. The van der Waals surface area contributed by atoms with Crippen molar-refractivity contribution in [2.75, 3.05) is 11.9 Å². The third kappa shape index (κ3) is 2.72. The number of aromatic nitrogens is 2. The van der Waals surface area contributed by atoms with E-state index in [0.717, 1.165) is 31.9 Å². The van der Waals surface area contributed by atoms with Crippen molar-refractivity contribution >= 4 is 5.82 Å². The minimum atomic E-state index is -4.56. The van der Waals surface area contributed by atoms with E-state index in [1.807, 2.05) is 0 Å². The summed E-state index contributed by atoms with van der Waals surface area (Å²) in [6.45, 7) is -0.113. The van der Waals surface area contributed by atoms with Gasteiger partial charge in [-0.3, -0.25) is 0 Å². The fourth-order valence-corrected chi connectivity index (χ4v) is 2.21. The third-order valence-electron chi connectivity index (χ3n) is 3.17. The van der Waals surface area contributed by atoms with E-state index in [4.69, 9.17) is 0 Å². The maximum atomic E-state index is 12.5. The van der Waals surface area contributed by atoms with Crippen LogP contribution in [-0.4, -0.2) is 27.2 Å². The number of aliphatic hydroxyl groups excluding tert-OH is 1. The number of rotatable bonds is 3. The van der Waals surface area contributed by atoms with Gasteiger partial charge >= 0.3 is 6.18 Å². The van der Waals surface area contributed by atoms with Crippen LogP contribution in [-0.2, 0) is 6.18 Å². The SMILES string of the molecule is OCC1(Nc2ccnc(C(F)(F)F)n2)CCCC1. The number of anilines is 1. The largest absolute Gasteiger partial charge is 0.451 e. The number of aliphatic hydroxyl groups is 1. The van der Waals surface area contributed by atoms with E-state index < -0.39 is 17.5 Å². The molecule has 0 aromatic carbocycles. The Morgan fingerprint density at radius 1 is 1.33 bits per heavy atom. The summed E-state index contributed by atoms with van der Waals surface area (Å²) < 4.78 is 37.4. The summed E-state index contributed by atoms with van der Waals surface area (Å²) >= 11 is 0. The monoisotopic (exact) mass is 261 g/mol. The summed E-state index contributed by atoms with van der Waals surface area (Å²) in [4.78, 5) is 6.64. The first-order chi connectivity index (χ1) is 8.45. The Labute approximate surface area is 102 Å². The zero-order valence-corrected chi connectivity index (χ0v) is 9.67. The summed E-state index contributed by atoms with van der Waals surface area (Å²) in [5.74, 6) is -1.06. The van der Waals surface area contributed by atoms with Crippen molar-refractivity contribution in [2.45, 2.75) is 37.4 Å². The predicted molar refractivity (Wildman–Crippen MR) is 58.9 cm³/mol. The van der Waals surface area contributed by atoms with Crippen molar-refractivity contribution in [3.05, 3.63) is 18.1 Å². The van der Waals surface area contributed by atoms with Crippen LogP contribution >= 0.6 is 0 Å². The van der Waals surface area contributed by atoms with Crippen LogP contribution in [0.15, 0.2) is 12.3 Å². The van der Waals surface area contributed by atoms with E-state index in [1.165, 1.54) is 6.07 Å². The summed E-state index contributed by atoms with van der Waals surface area (Å²) in [7, 11) is 0.